The normalized spacial score (nSPS) is 18.2. The fraction of sp³-hybridized carbons (Fsp3) is 0.538. The molecule has 1 N–H and O–H groups in total. The van der Waals surface area contributed by atoms with Gasteiger partial charge in [0.1, 0.15) is 5.75 Å². The van der Waals surface area contributed by atoms with Crippen LogP contribution in [0, 0.1) is 5.92 Å². The van der Waals surface area contributed by atoms with Gasteiger partial charge in [0.2, 0.25) is 0 Å². The molecule has 1 aliphatic heterocycles. The molecule has 164 valence electrons. The maximum absolute atomic E-state index is 12.3. The zero-order valence-electron chi connectivity index (χ0n) is 18.7. The predicted molar refractivity (Wildman–Crippen MR) is 122 cm³/mol. The van der Waals surface area contributed by atoms with E-state index in [-0.39, 0.29) is 5.92 Å². The number of nitrogens with zero attached hydrogens (tertiary/aromatic N) is 1. The van der Waals surface area contributed by atoms with Crippen molar-refractivity contribution in [2.45, 2.75) is 45.1 Å². The van der Waals surface area contributed by atoms with Crippen molar-refractivity contribution in [2.24, 2.45) is 5.92 Å². The first kappa shape index (κ1) is 22.8. The largest absolute Gasteiger partial charge is 0.494 e. The first-order valence-electron chi connectivity index (χ1n) is 11.3. The minimum absolute atomic E-state index is 0.0199. The van der Waals surface area contributed by atoms with Crippen molar-refractivity contribution in [2.75, 3.05) is 39.5 Å². The molecular weight excluding hydrogens is 374 g/mol. The quantitative estimate of drug-likeness (QED) is 0.608. The Morgan fingerprint density at radius 3 is 2.30 bits per heavy atom. The number of benzene rings is 2. The Kier molecular flexibility index (Phi) is 8.32. The van der Waals surface area contributed by atoms with Gasteiger partial charge in [-0.15, -0.1) is 0 Å². The van der Waals surface area contributed by atoms with E-state index in [2.05, 4.69) is 43.0 Å². The van der Waals surface area contributed by atoms with Crippen LogP contribution in [0.25, 0.3) is 0 Å². The molecule has 1 aliphatic rings. The Bertz CT molecular complexity index is 741. The van der Waals surface area contributed by atoms with E-state index in [1.165, 1.54) is 5.56 Å². The predicted octanol–water partition coefficient (Wildman–Crippen LogP) is 4.83. The van der Waals surface area contributed by atoms with Crippen LogP contribution in [0.1, 0.15) is 50.7 Å². The summed E-state index contributed by atoms with van der Waals surface area (Å²) < 4.78 is 11.2. The topological polar surface area (TPSA) is 41.9 Å². The molecule has 1 saturated heterocycles. The fourth-order valence-electron chi connectivity index (χ4n) is 4.29. The van der Waals surface area contributed by atoms with Crippen LogP contribution in [0.15, 0.2) is 54.6 Å². The van der Waals surface area contributed by atoms with Gasteiger partial charge >= 0.3 is 0 Å². The maximum atomic E-state index is 12.3. The Balaban J connectivity index is 1.98. The standard InChI is InChI=1S/C26H37NO3/c1-4-30-24-12-10-23(11-13-24)26(28,15-14-21(2)3)25(22-8-6-5-7-9-22)20-27-16-18-29-19-17-27/h5-13,21,25,28H,4,14-20H2,1-3H3/t25-,26+/m0/s1. The van der Waals surface area contributed by atoms with Crippen molar-refractivity contribution in [3.63, 3.8) is 0 Å². The van der Waals surface area contributed by atoms with Gasteiger partial charge < -0.3 is 14.6 Å². The lowest BCUT2D eigenvalue weighted by Crippen LogP contribution is -2.45. The number of rotatable bonds is 10. The SMILES string of the molecule is CCOc1ccc([C@](O)(CCC(C)C)[C@@H](CN2CCOCC2)c2ccccc2)cc1. The lowest BCUT2D eigenvalue weighted by Gasteiger charge is -2.41. The van der Waals surface area contributed by atoms with E-state index in [1.807, 2.05) is 37.3 Å². The summed E-state index contributed by atoms with van der Waals surface area (Å²) in [6.45, 7) is 11.2. The number of morpholine rings is 1. The first-order chi connectivity index (χ1) is 14.5. The zero-order chi connectivity index (χ0) is 21.4. The highest BCUT2D eigenvalue weighted by atomic mass is 16.5. The van der Waals surface area contributed by atoms with Gasteiger partial charge in [-0.2, -0.15) is 0 Å². The number of hydrogen-bond donors (Lipinski definition) is 1. The number of aliphatic hydroxyl groups is 1. The summed E-state index contributed by atoms with van der Waals surface area (Å²) in [6.07, 6.45) is 1.69. The fourth-order valence-corrected chi connectivity index (χ4v) is 4.29. The third-order valence-electron chi connectivity index (χ3n) is 6.09. The molecule has 0 radical (unpaired) electrons. The Morgan fingerprint density at radius 1 is 1.03 bits per heavy atom. The van der Waals surface area contributed by atoms with E-state index in [0.29, 0.717) is 12.5 Å². The van der Waals surface area contributed by atoms with Crippen LogP contribution < -0.4 is 4.74 Å². The van der Waals surface area contributed by atoms with E-state index in [4.69, 9.17) is 9.47 Å². The highest BCUT2D eigenvalue weighted by Gasteiger charge is 2.40. The average Bonchev–Trinajstić information content (AvgIpc) is 2.78. The average molecular weight is 412 g/mol. The molecule has 0 spiro atoms. The molecule has 0 aromatic heterocycles. The van der Waals surface area contributed by atoms with Crippen LogP contribution in [-0.4, -0.2) is 49.5 Å². The summed E-state index contributed by atoms with van der Waals surface area (Å²) in [5.74, 6) is 1.35. The number of hydrogen-bond acceptors (Lipinski definition) is 4. The van der Waals surface area contributed by atoms with E-state index in [9.17, 15) is 5.11 Å². The zero-order valence-corrected chi connectivity index (χ0v) is 18.7. The van der Waals surface area contributed by atoms with Gasteiger partial charge in [-0.25, -0.2) is 0 Å². The molecule has 1 fully saturated rings. The van der Waals surface area contributed by atoms with Gasteiger partial charge in [-0.3, -0.25) is 4.90 Å². The van der Waals surface area contributed by atoms with Crippen molar-refractivity contribution < 1.29 is 14.6 Å². The van der Waals surface area contributed by atoms with Crippen molar-refractivity contribution in [1.82, 2.24) is 4.90 Å². The van der Waals surface area contributed by atoms with Gasteiger partial charge in [-0.1, -0.05) is 56.3 Å². The van der Waals surface area contributed by atoms with Crippen LogP contribution in [0.2, 0.25) is 0 Å². The van der Waals surface area contributed by atoms with Gasteiger partial charge in [-0.05, 0) is 48.9 Å². The molecule has 4 nitrogen and oxygen atoms in total. The van der Waals surface area contributed by atoms with E-state index >= 15 is 0 Å². The molecule has 2 aromatic carbocycles. The minimum atomic E-state index is -0.950. The van der Waals surface area contributed by atoms with Gasteiger partial charge in [0.05, 0.1) is 25.4 Å². The molecule has 30 heavy (non-hydrogen) atoms. The second kappa shape index (κ2) is 10.9. The number of ether oxygens (including phenoxy) is 2. The van der Waals surface area contributed by atoms with Crippen LogP contribution in [-0.2, 0) is 10.3 Å². The molecule has 3 rings (SSSR count). The Hall–Kier alpha value is -1.88. The van der Waals surface area contributed by atoms with E-state index in [0.717, 1.165) is 57.0 Å². The van der Waals surface area contributed by atoms with E-state index < -0.39 is 5.60 Å². The third kappa shape index (κ3) is 5.84. The highest BCUT2D eigenvalue weighted by molar-refractivity contribution is 5.35. The highest BCUT2D eigenvalue weighted by Crippen LogP contribution is 2.42. The van der Waals surface area contributed by atoms with Gasteiger partial charge in [0.25, 0.3) is 0 Å². The van der Waals surface area contributed by atoms with Gasteiger partial charge in [0.15, 0.2) is 0 Å². The molecule has 0 unspecified atom stereocenters. The lowest BCUT2D eigenvalue weighted by molar-refractivity contribution is -0.0311. The summed E-state index contributed by atoms with van der Waals surface area (Å²) in [4.78, 5) is 2.43. The molecule has 0 saturated carbocycles. The lowest BCUT2D eigenvalue weighted by atomic mass is 9.73. The molecule has 1 heterocycles. The van der Waals surface area contributed by atoms with Gasteiger partial charge in [0, 0.05) is 25.6 Å². The van der Waals surface area contributed by atoms with Crippen LogP contribution in [0.4, 0.5) is 0 Å². The smallest absolute Gasteiger partial charge is 0.119 e. The van der Waals surface area contributed by atoms with Crippen LogP contribution in [0.5, 0.6) is 5.75 Å². The van der Waals surface area contributed by atoms with Crippen LogP contribution in [0.3, 0.4) is 0 Å². The van der Waals surface area contributed by atoms with E-state index in [1.54, 1.807) is 0 Å². The van der Waals surface area contributed by atoms with Crippen molar-refractivity contribution in [1.29, 1.82) is 0 Å². The molecule has 4 heteroatoms. The molecule has 0 bridgehead atoms. The molecular formula is C26H37NO3. The monoisotopic (exact) mass is 411 g/mol. The van der Waals surface area contributed by atoms with Crippen LogP contribution >= 0.6 is 0 Å². The Labute approximate surface area is 181 Å². The Morgan fingerprint density at radius 2 is 1.70 bits per heavy atom. The molecule has 0 aliphatic carbocycles. The summed E-state index contributed by atoms with van der Waals surface area (Å²) in [5.41, 5.74) is 1.20. The summed E-state index contributed by atoms with van der Waals surface area (Å²) in [6, 6.07) is 18.5. The van der Waals surface area contributed by atoms with Crippen molar-refractivity contribution >= 4 is 0 Å². The second-order valence-corrected chi connectivity index (χ2v) is 8.69. The molecule has 0 amide bonds. The molecule has 2 atom stereocenters. The molecule has 2 aromatic rings. The second-order valence-electron chi connectivity index (χ2n) is 8.69. The minimum Gasteiger partial charge on any atom is -0.494 e. The van der Waals surface area contributed by atoms with Crippen molar-refractivity contribution in [3.8, 4) is 5.75 Å². The summed E-state index contributed by atoms with van der Waals surface area (Å²) in [5, 5.41) is 12.3. The van der Waals surface area contributed by atoms with Crippen molar-refractivity contribution in [3.05, 3.63) is 65.7 Å². The first-order valence-corrected chi connectivity index (χ1v) is 11.3. The summed E-state index contributed by atoms with van der Waals surface area (Å²) in [7, 11) is 0. The summed E-state index contributed by atoms with van der Waals surface area (Å²) >= 11 is 0. The third-order valence-corrected chi connectivity index (χ3v) is 6.09. The maximum Gasteiger partial charge on any atom is 0.119 e.